The molecule has 0 spiro atoms. The molecule has 0 saturated carbocycles. The molecule has 2 aromatic rings. The van der Waals surface area contributed by atoms with Crippen LogP contribution >= 0.6 is 0 Å². The molecule has 0 amide bonds. The summed E-state index contributed by atoms with van der Waals surface area (Å²) in [5, 5.41) is 0.648. The Hall–Kier alpha value is -2.63. The summed E-state index contributed by atoms with van der Waals surface area (Å²) in [7, 11) is 1.17. The molecule has 0 radical (unpaired) electrons. The van der Waals surface area contributed by atoms with Gasteiger partial charge >= 0.3 is 11.9 Å². The van der Waals surface area contributed by atoms with Gasteiger partial charge in [-0.25, -0.2) is 4.79 Å². The Morgan fingerprint density at radius 2 is 2.00 bits per heavy atom. The lowest BCUT2D eigenvalue weighted by molar-refractivity contribution is -0.143. The largest absolute Gasteiger partial charge is 0.466 e. The second-order valence-electron chi connectivity index (χ2n) is 4.71. The summed E-state index contributed by atoms with van der Waals surface area (Å²) in [4.78, 5) is 37.5. The van der Waals surface area contributed by atoms with Gasteiger partial charge in [0.1, 0.15) is 0 Å². The Kier molecular flexibility index (Phi) is 4.93. The van der Waals surface area contributed by atoms with E-state index >= 15 is 0 Å². The number of ketones is 1. The molecular formula is C16H17NO5. The highest BCUT2D eigenvalue weighted by molar-refractivity contribution is 6.42. The predicted molar refractivity (Wildman–Crippen MR) is 79.6 cm³/mol. The minimum atomic E-state index is -0.896. The zero-order valence-corrected chi connectivity index (χ0v) is 12.5. The van der Waals surface area contributed by atoms with E-state index in [0.29, 0.717) is 24.8 Å². The summed E-state index contributed by atoms with van der Waals surface area (Å²) in [6.45, 7) is 2.14. The minimum absolute atomic E-state index is 0.240. The van der Waals surface area contributed by atoms with Crippen molar-refractivity contribution in [3.63, 3.8) is 0 Å². The van der Waals surface area contributed by atoms with Crippen LogP contribution in [0.2, 0.25) is 0 Å². The van der Waals surface area contributed by atoms with E-state index in [9.17, 15) is 14.4 Å². The van der Waals surface area contributed by atoms with E-state index in [-0.39, 0.29) is 11.5 Å². The number of H-pyrrole nitrogens is 1. The number of hydrogen-bond acceptors (Lipinski definition) is 5. The van der Waals surface area contributed by atoms with E-state index in [4.69, 9.17) is 4.74 Å². The molecular weight excluding hydrogens is 286 g/mol. The maximum Gasteiger partial charge on any atom is 0.379 e. The quantitative estimate of drug-likeness (QED) is 0.501. The first-order chi connectivity index (χ1) is 10.6. The van der Waals surface area contributed by atoms with E-state index in [0.717, 1.165) is 11.1 Å². The van der Waals surface area contributed by atoms with Crippen LogP contribution in [-0.2, 0) is 25.5 Å². The lowest BCUT2D eigenvalue weighted by Gasteiger charge is -2.03. The second-order valence-corrected chi connectivity index (χ2v) is 4.71. The molecule has 22 heavy (non-hydrogen) atoms. The van der Waals surface area contributed by atoms with Gasteiger partial charge in [-0.15, -0.1) is 0 Å². The van der Waals surface area contributed by atoms with Gasteiger partial charge < -0.3 is 14.5 Å². The van der Waals surface area contributed by atoms with Crippen LogP contribution in [0, 0.1) is 0 Å². The van der Waals surface area contributed by atoms with Crippen LogP contribution in [0.4, 0.5) is 0 Å². The fourth-order valence-corrected chi connectivity index (χ4v) is 2.20. The van der Waals surface area contributed by atoms with E-state index < -0.39 is 11.8 Å². The standard InChI is InChI=1S/C16H17NO5/c1-3-22-14(18)7-5-10-4-6-11-12(9-17-13(11)8-10)15(19)16(20)21-2/h4,6,8-9,17H,3,5,7H2,1-2H3. The van der Waals surface area contributed by atoms with Gasteiger partial charge in [0.25, 0.3) is 5.78 Å². The number of rotatable bonds is 6. The average Bonchev–Trinajstić information content (AvgIpc) is 2.94. The van der Waals surface area contributed by atoms with Crippen molar-refractivity contribution in [3.05, 3.63) is 35.5 Å². The minimum Gasteiger partial charge on any atom is -0.466 e. The van der Waals surface area contributed by atoms with Crippen molar-refractivity contribution in [3.8, 4) is 0 Å². The van der Waals surface area contributed by atoms with Crippen LogP contribution in [-0.4, -0.2) is 36.4 Å². The predicted octanol–water partition coefficient (Wildman–Crippen LogP) is 2.02. The van der Waals surface area contributed by atoms with Crippen LogP contribution in [0.3, 0.4) is 0 Å². The summed E-state index contributed by atoms with van der Waals surface area (Å²) in [6.07, 6.45) is 2.33. The molecule has 1 aromatic heterocycles. The van der Waals surface area contributed by atoms with Crippen molar-refractivity contribution >= 4 is 28.6 Å². The zero-order chi connectivity index (χ0) is 16.1. The van der Waals surface area contributed by atoms with Crippen LogP contribution < -0.4 is 0 Å². The number of aromatic nitrogens is 1. The molecule has 0 unspecified atom stereocenters. The number of nitrogens with one attached hydrogen (secondary N) is 1. The molecule has 6 heteroatoms. The van der Waals surface area contributed by atoms with Gasteiger partial charge in [-0.2, -0.15) is 0 Å². The van der Waals surface area contributed by atoms with E-state index in [1.165, 1.54) is 13.3 Å². The number of benzene rings is 1. The van der Waals surface area contributed by atoms with E-state index in [1.54, 1.807) is 13.0 Å². The van der Waals surface area contributed by atoms with Gasteiger partial charge in [0.05, 0.1) is 19.3 Å². The van der Waals surface area contributed by atoms with Crippen molar-refractivity contribution in [1.29, 1.82) is 0 Å². The van der Waals surface area contributed by atoms with E-state index in [2.05, 4.69) is 9.72 Å². The second kappa shape index (κ2) is 6.89. The Bertz CT molecular complexity index is 716. The molecule has 0 atom stereocenters. The van der Waals surface area contributed by atoms with Gasteiger partial charge in [-0.1, -0.05) is 12.1 Å². The van der Waals surface area contributed by atoms with Gasteiger partial charge in [-0.3, -0.25) is 9.59 Å². The van der Waals surface area contributed by atoms with Crippen LogP contribution in [0.5, 0.6) is 0 Å². The Morgan fingerprint density at radius 1 is 1.23 bits per heavy atom. The van der Waals surface area contributed by atoms with Gasteiger partial charge in [-0.05, 0) is 25.0 Å². The molecule has 6 nitrogen and oxygen atoms in total. The van der Waals surface area contributed by atoms with Crippen LogP contribution in [0.15, 0.2) is 24.4 Å². The number of methoxy groups -OCH3 is 1. The topological polar surface area (TPSA) is 85.5 Å². The molecule has 1 aromatic carbocycles. The SMILES string of the molecule is CCOC(=O)CCc1ccc2c(C(=O)C(=O)OC)c[nH]c2c1. The molecule has 0 saturated heterocycles. The van der Waals surface area contributed by atoms with E-state index in [1.807, 2.05) is 12.1 Å². The molecule has 0 aliphatic carbocycles. The number of fused-ring (bicyclic) bond motifs is 1. The third-order valence-electron chi connectivity index (χ3n) is 3.28. The fraction of sp³-hybridized carbons (Fsp3) is 0.312. The summed E-state index contributed by atoms with van der Waals surface area (Å²) < 4.78 is 9.33. The number of esters is 2. The zero-order valence-electron chi connectivity index (χ0n) is 12.5. The molecule has 0 aliphatic rings. The van der Waals surface area contributed by atoms with Crippen LogP contribution in [0.1, 0.15) is 29.3 Å². The maximum atomic E-state index is 11.9. The Morgan fingerprint density at radius 3 is 2.68 bits per heavy atom. The normalized spacial score (nSPS) is 10.5. The van der Waals surface area contributed by atoms with Crippen molar-refractivity contribution < 1.29 is 23.9 Å². The van der Waals surface area contributed by atoms with Crippen molar-refractivity contribution in [2.75, 3.05) is 13.7 Å². The van der Waals surface area contributed by atoms with Gasteiger partial charge in [0, 0.05) is 23.5 Å². The molecule has 1 heterocycles. The molecule has 1 N–H and O–H groups in total. The number of hydrogen-bond donors (Lipinski definition) is 1. The number of Topliss-reactive ketones (excluding diaryl/α,β-unsaturated/α-hetero) is 1. The number of carbonyl (C=O) groups excluding carboxylic acids is 3. The molecule has 116 valence electrons. The van der Waals surface area contributed by atoms with Crippen molar-refractivity contribution in [2.45, 2.75) is 19.8 Å². The lowest BCUT2D eigenvalue weighted by atomic mass is 10.0. The average molecular weight is 303 g/mol. The summed E-state index contributed by atoms with van der Waals surface area (Å²) in [6, 6.07) is 5.43. The van der Waals surface area contributed by atoms with Crippen LogP contribution in [0.25, 0.3) is 10.9 Å². The highest BCUT2D eigenvalue weighted by atomic mass is 16.5. The monoisotopic (exact) mass is 303 g/mol. The molecule has 2 rings (SSSR count). The molecule has 0 aliphatic heterocycles. The summed E-state index contributed by atoms with van der Waals surface area (Å²) >= 11 is 0. The fourth-order valence-electron chi connectivity index (χ4n) is 2.20. The lowest BCUT2D eigenvalue weighted by Crippen LogP contribution is -2.15. The third kappa shape index (κ3) is 3.33. The molecule has 0 fully saturated rings. The van der Waals surface area contributed by atoms with Gasteiger partial charge in [0.2, 0.25) is 0 Å². The first-order valence-electron chi connectivity index (χ1n) is 6.95. The number of aryl methyl sites for hydroxylation is 1. The summed E-state index contributed by atoms with van der Waals surface area (Å²) in [5.41, 5.74) is 1.95. The number of aromatic amines is 1. The smallest absolute Gasteiger partial charge is 0.379 e. The van der Waals surface area contributed by atoms with Gasteiger partial charge in [0.15, 0.2) is 0 Å². The Labute approximate surface area is 127 Å². The van der Waals surface area contributed by atoms with Crippen molar-refractivity contribution in [1.82, 2.24) is 4.98 Å². The highest BCUT2D eigenvalue weighted by Crippen LogP contribution is 2.21. The number of carbonyl (C=O) groups is 3. The number of ether oxygens (including phenoxy) is 2. The Balaban J connectivity index is 2.18. The first-order valence-corrected chi connectivity index (χ1v) is 6.95. The maximum absolute atomic E-state index is 11.9. The first kappa shape index (κ1) is 15.8. The van der Waals surface area contributed by atoms with Crippen molar-refractivity contribution in [2.24, 2.45) is 0 Å². The summed E-state index contributed by atoms with van der Waals surface area (Å²) in [5.74, 6) is -1.82. The molecule has 0 bridgehead atoms. The highest BCUT2D eigenvalue weighted by Gasteiger charge is 2.20. The third-order valence-corrected chi connectivity index (χ3v) is 3.28.